The van der Waals surface area contributed by atoms with Gasteiger partial charge >= 0.3 is 0 Å². The molecule has 7 heterocycles. The number of fused-ring (bicyclic) bond motifs is 7. The molecule has 0 amide bonds. The molecule has 0 bridgehead atoms. The van der Waals surface area contributed by atoms with Gasteiger partial charge in [-0.25, -0.2) is 0 Å². The second-order valence-corrected chi connectivity index (χ2v) is 30.2. The highest BCUT2D eigenvalue weighted by Crippen LogP contribution is 2.71. The summed E-state index contributed by atoms with van der Waals surface area (Å²) in [7, 11) is 1.67. The molecule has 7 aliphatic heterocycles. The number of aliphatic hydroxyl groups excluding tert-OH is 21. The summed E-state index contributed by atoms with van der Waals surface area (Å²) in [6.07, 6.45) is -51.7. The molecule has 35 heteroatoms. The average molecular weight is 1440 g/mol. The highest BCUT2D eigenvalue weighted by atomic mass is 16.8. The Bertz CT molecular complexity index is 2570. The van der Waals surface area contributed by atoms with Crippen LogP contribution in [0.5, 0.6) is 0 Å². The Morgan fingerprint density at radius 3 is 1.44 bits per heavy atom. The van der Waals surface area contributed by atoms with Crippen molar-refractivity contribution in [1.29, 1.82) is 0 Å². The number of rotatable bonds is 23. The summed E-state index contributed by atoms with van der Waals surface area (Å²) in [5.74, 6) is 0.191. The third kappa shape index (κ3) is 14.6. The molecular weight excluding hydrogens is 1330 g/mol. The van der Waals surface area contributed by atoms with Crippen molar-refractivity contribution < 1.29 is 174 Å². The molecule has 0 aromatic rings. The Hall–Kier alpha value is -1.40. The fourth-order valence-electron chi connectivity index (χ4n) is 19.0. The summed E-state index contributed by atoms with van der Waals surface area (Å²) in [4.78, 5) is 0. The monoisotopic (exact) mass is 1440 g/mol. The fraction of sp³-hybridized carbons (Fsp3) is 1.00. The van der Waals surface area contributed by atoms with Crippen molar-refractivity contribution in [1.82, 2.24) is 0 Å². The van der Waals surface area contributed by atoms with Crippen LogP contribution in [-0.2, 0) is 66.3 Å². The second kappa shape index (κ2) is 31.8. The molecule has 43 atom stereocenters. The van der Waals surface area contributed by atoms with Crippen molar-refractivity contribution in [2.75, 3.05) is 53.4 Å². The predicted octanol–water partition coefficient (Wildman–Crippen LogP) is -8.68. The van der Waals surface area contributed by atoms with Crippen LogP contribution >= 0.6 is 0 Å². The van der Waals surface area contributed by atoms with Crippen LogP contribution in [0.1, 0.15) is 85.5 Å². The summed E-state index contributed by atoms with van der Waals surface area (Å²) >= 11 is 0. The lowest BCUT2D eigenvalue weighted by Crippen LogP contribution is -2.69. The molecule has 0 radical (unpaired) electrons. The van der Waals surface area contributed by atoms with Gasteiger partial charge in [0.05, 0.1) is 64.6 Å². The van der Waals surface area contributed by atoms with Crippen LogP contribution in [-0.4, -0.2) is 369 Å². The van der Waals surface area contributed by atoms with E-state index < -0.39 is 242 Å². The summed E-state index contributed by atoms with van der Waals surface area (Å²) in [6.45, 7) is 3.55. The van der Waals surface area contributed by atoms with Gasteiger partial charge < -0.3 is 174 Å². The fourth-order valence-corrected chi connectivity index (χ4v) is 19.0. The molecule has 4 aliphatic carbocycles. The zero-order chi connectivity index (χ0) is 71.8. The smallest absolute Gasteiger partial charge is 0.187 e. The van der Waals surface area contributed by atoms with E-state index in [0.29, 0.717) is 37.5 Å². The number of ether oxygens (including phenoxy) is 14. The van der Waals surface area contributed by atoms with Gasteiger partial charge in [-0.2, -0.15) is 0 Å². The van der Waals surface area contributed by atoms with Crippen molar-refractivity contribution in [3.05, 3.63) is 0 Å². The first-order chi connectivity index (χ1) is 47.0. The van der Waals surface area contributed by atoms with E-state index in [-0.39, 0.29) is 53.1 Å². The SMILES string of the molecule is COC1(CC[C@@H](C)CO[C@@H]2O[C@H](CO)[C@@H](O)[C@H](O)[C@H]2O)O[C@H]2C[C@H]3[C@@H]4CC[C@H]5C[C@@H](O[C@@H]6O[C@H](CO)[C@H](O[C@@H]7O[C@H](CO)[C@@H](O)[C@H](O[C@@H]8O[C@H](CO)[C@@H](O)[C@H](O)[C@H]8O)[C@H]7O[C@@H]7O[C@H](CO)[C@@H](O)[C@H](O[C@@H]8O[C@H](CO)[C@@H](O)[C@H](O)[C@H]8O)[C@H]7O)[C@H](O)[C@H]6O)[C@H](O)C[C@]5(C)[C@H]4CC[C@]3(C)[C@H]2[C@@H]1C. The lowest BCUT2D eigenvalue weighted by molar-refractivity contribution is -0.412. The molecule has 0 aromatic heterocycles. The largest absolute Gasteiger partial charge is 0.394 e. The van der Waals surface area contributed by atoms with Crippen molar-refractivity contribution in [2.24, 2.45) is 52.3 Å². The predicted molar refractivity (Wildman–Crippen MR) is 323 cm³/mol. The lowest BCUT2D eigenvalue weighted by Gasteiger charge is -2.62. The molecule has 574 valence electrons. The summed E-state index contributed by atoms with van der Waals surface area (Å²) in [5.41, 5.74) is -0.426. The zero-order valence-corrected chi connectivity index (χ0v) is 56.0. The van der Waals surface area contributed by atoms with Gasteiger partial charge in [0.15, 0.2) is 43.5 Å². The quantitative estimate of drug-likeness (QED) is 0.0423. The maximum atomic E-state index is 12.2. The first-order valence-corrected chi connectivity index (χ1v) is 34.9. The lowest BCUT2D eigenvalue weighted by atomic mass is 9.44. The molecule has 21 N–H and O–H groups in total. The van der Waals surface area contributed by atoms with Gasteiger partial charge in [-0.3, -0.25) is 0 Å². The number of hydrogen-bond acceptors (Lipinski definition) is 35. The van der Waals surface area contributed by atoms with Crippen LogP contribution in [0.3, 0.4) is 0 Å². The molecule has 0 spiro atoms. The molecule has 35 nitrogen and oxygen atoms in total. The minimum Gasteiger partial charge on any atom is -0.394 e. The molecule has 4 saturated carbocycles. The van der Waals surface area contributed by atoms with E-state index in [1.165, 1.54) is 0 Å². The van der Waals surface area contributed by atoms with Gasteiger partial charge in [-0.15, -0.1) is 0 Å². The Kier molecular flexibility index (Phi) is 25.3. The van der Waals surface area contributed by atoms with E-state index >= 15 is 0 Å². The maximum Gasteiger partial charge on any atom is 0.187 e. The molecule has 11 aliphatic rings. The van der Waals surface area contributed by atoms with E-state index in [1.807, 2.05) is 6.92 Å². The number of methoxy groups -OCH3 is 1. The second-order valence-electron chi connectivity index (χ2n) is 30.2. The van der Waals surface area contributed by atoms with Gasteiger partial charge in [-0.05, 0) is 97.7 Å². The first-order valence-electron chi connectivity index (χ1n) is 34.9. The maximum absolute atomic E-state index is 12.2. The van der Waals surface area contributed by atoms with E-state index in [2.05, 4.69) is 20.8 Å². The first kappa shape index (κ1) is 78.7. The Balaban J connectivity index is 0.756. The van der Waals surface area contributed by atoms with Crippen LogP contribution in [0.2, 0.25) is 0 Å². The van der Waals surface area contributed by atoms with Crippen molar-refractivity contribution in [3.63, 3.8) is 0 Å². The Morgan fingerprint density at radius 1 is 0.434 bits per heavy atom. The molecule has 99 heavy (non-hydrogen) atoms. The van der Waals surface area contributed by atoms with Crippen LogP contribution < -0.4 is 0 Å². The summed E-state index contributed by atoms with van der Waals surface area (Å²) in [6, 6.07) is 0. The molecular formula is C64H108O35. The molecule has 7 saturated heterocycles. The topological polar surface area (TPSA) is 554 Å². The van der Waals surface area contributed by atoms with E-state index in [0.717, 1.165) is 32.1 Å². The molecule has 1 unspecified atom stereocenters. The van der Waals surface area contributed by atoms with E-state index in [9.17, 15) is 107 Å². The highest BCUT2D eigenvalue weighted by Gasteiger charge is 2.70. The van der Waals surface area contributed by atoms with Gasteiger partial charge in [-0.1, -0.05) is 27.7 Å². The Labute approximate surface area is 571 Å². The van der Waals surface area contributed by atoms with Crippen LogP contribution in [0.25, 0.3) is 0 Å². The minimum absolute atomic E-state index is 0.0188. The standard InChI is InChI=1S/C64H108O35/c1-22(21-87-56-47(81)43(77)38(72)31(15-65)89-56)8-11-64(86-5)23(2)37-30(99-64)13-27-25-7-6-24-12-29(28(71)14-63(24,4)26(25)9-10-62(27,37)3)88-57-50(84)46(80)52(36(20-70)94-57)95-61-55(54(42(76)35(19-69)93-61)97-59-49(83)45(79)40(74)33(17-67)91-59)98-60-51(85)53(41(75)34(18-68)92-60)96-58-48(82)44(78)39(73)32(16-66)90-58/h22-61,65-85H,6-21H2,1-5H3/t22-,23+,24+,25-,26+,27+,28-,29-,30+,31-,32-,33-,34-,35-,36-,37+,38-,39-,40-,41-,42-,43+,44+,45+,46-,47-,48-,49-,50-,51-,52+,53+,54+,55-,56-,57-,58+,59+,60+,61+,62+,63+,64?/m1/s1. The van der Waals surface area contributed by atoms with Crippen molar-refractivity contribution in [2.45, 2.75) is 294 Å². The Morgan fingerprint density at radius 2 is 0.889 bits per heavy atom. The third-order valence-corrected chi connectivity index (χ3v) is 24.7. The van der Waals surface area contributed by atoms with Crippen LogP contribution in [0.4, 0.5) is 0 Å². The average Bonchev–Trinajstić information content (AvgIpc) is 1.56. The molecule has 11 rings (SSSR count). The molecule has 0 aromatic carbocycles. The highest BCUT2D eigenvalue weighted by molar-refractivity contribution is 5.16. The van der Waals surface area contributed by atoms with Gasteiger partial charge in [0.25, 0.3) is 0 Å². The number of aliphatic hydroxyl groups is 21. The zero-order valence-electron chi connectivity index (χ0n) is 56.0. The van der Waals surface area contributed by atoms with Gasteiger partial charge in [0.1, 0.15) is 146 Å². The van der Waals surface area contributed by atoms with Crippen LogP contribution in [0, 0.1) is 52.3 Å². The van der Waals surface area contributed by atoms with Gasteiger partial charge in [0.2, 0.25) is 0 Å². The van der Waals surface area contributed by atoms with E-state index in [1.54, 1.807) is 7.11 Å². The van der Waals surface area contributed by atoms with Gasteiger partial charge in [0, 0.05) is 19.4 Å². The van der Waals surface area contributed by atoms with Crippen LogP contribution in [0.15, 0.2) is 0 Å². The van der Waals surface area contributed by atoms with Crippen molar-refractivity contribution in [3.8, 4) is 0 Å². The molecule has 11 fully saturated rings. The number of hydrogen-bond donors (Lipinski definition) is 21. The third-order valence-electron chi connectivity index (χ3n) is 24.7. The minimum atomic E-state index is -2.27. The normalized spacial score (nSPS) is 55.0. The summed E-state index contributed by atoms with van der Waals surface area (Å²) in [5, 5.41) is 228. The summed E-state index contributed by atoms with van der Waals surface area (Å²) < 4.78 is 84.6. The van der Waals surface area contributed by atoms with E-state index in [4.69, 9.17) is 66.3 Å². The van der Waals surface area contributed by atoms with Crippen molar-refractivity contribution >= 4 is 0 Å².